The maximum Gasteiger partial charge on any atom is 0.411 e. The Kier molecular flexibility index (Phi) is 7.15. The number of alkyl halides is 3. The van der Waals surface area contributed by atoms with Gasteiger partial charge < -0.3 is 10.1 Å². The SMILES string of the molecule is CCNC(CCOCC(F)(F)F)Cc1c(Br)c(C)nn1C. The van der Waals surface area contributed by atoms with Crippen LogP contribution in [0, 0.1) is 6.92 Å². The molecule has 1 heterocycles. The predicted octanol–water partition coefficient (Wildman–Crippen LogP) is 2.98. The molecule has 1 N–H and O–H groups in total. The Morgan fingerprint density at radius 2 is 2.10 bits per heavy atom. The number of nitrogens with zero attached hydrogens (tertiary/aromatic N) is 2. The van der Waals surface area contributed by atoms with Gasteiger partial charge in [0.2, 0.25) is 0 Å². The Morgan fingerprint density at radius 3 is 2.57 bits per heavy atom. The number of halogens is 4. The number of ether oxygens (including phenoxy) is 1. The number of likely N-dealkylation sites (N-methyl/N-ethyl adjacent to an activating group) is 1. The number of aryl methyl sites for hydroxylation is 2. The van der Waals surface area contributed by atoms with Gasteiger partial charge in [0.05, 0.1) is 15.9 Å². The molecule has 0 radical (unpaired) electrons. The standard InChI is InChI=1S/C13H21BrF3N3O/c1-4-18-10(5-6-21-8-13(15,16)17)7-11-12(14)9(2)19-20(11)3/h10,18H,4-8H2,1-3H3. The van der Waals surface area contributed by atoms with Gasteiger partial charge in [0.1, 0.15) is 6.61 Å². The van der Waals surface area contributed by atoms with Crippen LogP contribution in [0.5, 0.6) is 0 Å². The van der Waals surface area contributed by atoms with Gasteiger partial charge in [0, 0.05) is 26.1 Å². The monoisotopic (exact) mass is 371 g/mol. The van der Waals surface area contributed by atoms with Crippen molar-refractivity contribution in [1.82, 2.24) is 15.1 Å². The Morgan fingerprint density at radius 1 is 1.43 bits per heavy atom. The number of aromatic nitrogens is 2. The molecule has 0 aromatic carbocycles. The summed E-state index contributed by atoms with van der Waals surface area (Å²) in [7, 11) is 1.86. The summed E-state index contributed by atoms with van der Waals surface area (Å²) in [5, 5.41) is 7.58. The van der Waals surface area contributed by atoms with E-state index in [9.17, 15) is 13.2 Å². The van der Waals surface area contributed by atoms with Crippen LogP contribution in [0.25, 0.3) is 0 Å². The molecule has 0 bridgehead atoms. The molecule has 1 aromatic heterocycles. The molecule has 0 saturated heterocycles. The van der Waals surface area contributed by atoms with Gasteiger partial charge >= 0.3 is 6.18 Å². The van der Waals surface area contributed by atoms with Crippen LogP contribution in [0.2, 0.25) is 0 Å². The first-order valence-corrected chi connectivity index (χ1v) is 7.59. The third-order valence-electron chi connectivity index (χ3n) is 3.07. The number of hydrogen-bond acceptors (Lipinski definition) is 3. The smallest absolute Gasteiger partial charge is 0.372 e. The fraction of sp³-hybridized carbons (Fsp3) is 0.769. The van der Waals surface area contributed by atoms with E-state index in [1.807, 2.05) is 20.9 Å². The van der Waals surface area contributed by atoms with Crippen molar-refractivity contribution in [3.8, 4) is 0 Å². The fourth-order valence-electron chi connectivity index (χ4n) is 2.11. The highest BCUT2D eigenvalue weighted by Gasteiger charge is 2.27. The van der Waals surface area contributed by atoms with E-state index in [1.54, 1.807) is 4.68 Å². The summed E-state index contributed by atoms with van der Waals surface area (Å²) < 4.78 is 43.5. The zero-order valence-corrected chi connectivity index (χ0v) is 14.0. The van der Waals surface area contributed by atoms with E-state index in [4.69, 9.17) is 0 Å². The van der Waals surface area contributed by atoms with Gasteiger partial charge in [-0.15, -0.1) is 0 Å². The topological polar surface area (TPSA) is 39.1 Å². The lowest BCUT2D eigenvalue weighted by Gasteiger charge is -2.18. The van der Waals surface area contributed by atoms with Crippen molar-refractivity contribution in [3.05, 3.63) is 15.9 Å². The van der Waals surface area contributed by atoms with Gasteiger partial charge in [-0.25, -0.2) is 0 Å². The maximum absolute atomic E-state index is 12.0. The highest BCUT2D eigenvalue weighted by Crippen LogP contribution is 2.22. The third kappa shape index (κ3) is 6.36. The summed E-state index contributed by atoms with van der Waals surface area (Å²) >= 11 is 3.50. The predicted molar refractivity (Wildman–Crippen MR) is 78.3 cm³/mol. The Bertz CT molecular complexity index is 449. The summed E-state index contributed by atoms with van der Waals surface area (Å²) in [5.41, 5.74) is 1.92. The lowest BCUT2D eigenvalue weighted by molar-refractivity contribution is -0.174. The molecule has 1 atom stereocenters. The zero-order chi connectivity index (χ0) is 16.0. The fourth-order valence-corrected chi connectivity index (χ4v) is 2.61. The minimum atomic E-state index is -4.27. The molecule has 1 rings (SSSR count). The second kappa shape index (κ2) is 8.14. The van der Waals surface area contributed by atoms with Crippen LogP contribution in [0.15, 0.2) is 4.47 Å². The summed E-state index contributed by atoms with van der Waals surface area (Å²) in [6, 6.07) is 0.0503. The van der Waals surface area contributed by atoms with E-state index in [2.05, 4.69) is 31.1 Å². The Balaban J connectivity index is 2.53. The van der Waals surface area contributed by atoms with Crippen LogP contribution in [0.3, 0.4) is 0 Å². The van der Waals surface area contributed by atoms with E-state index < -0.39 is 12.8 Å². The van der Waals surface area contributed by atoms with E-state index in [1.165, 1.54) is 0 Å². The van der Waals surface area contributed by atoms with Crippen LogP contribution in [0.4, 0.5) is 13.2 Å². The quantitative estimate of drug-likeness (QED) is 0.714. The van der Waals surface area contributed by atoms with E-state index >= 15 is 0 Å². The summed E-state index contributed by atoms with van der Waals surface area (Å²) in [6.45, 7) is 3.50. The minimum absolute atomic E-state index is 0.0503. The van der Waals surface area contributed by atoms with Crippen molar-refractivity contribution in [2.75, 3.05) is 19.8 Å². The van der Waals surface area contributed by atoms with Gasteiger partial charge in [-0.2, -0.15) is 18.3 Å². The molecule has 0 fully saturated rings. The second-order valence-corrected chi connectivity index (χ2v) is 5.68. The maximum atomic E-state index is 12.0. The molecule has 0 aliphatic heterocycles. The molecule has 1 aromatic rings. The first-order chi connectivity index (χ1) is 9.74. The molecule has 0 aliphatic carbocycles. The normalized spacial score (nSPS) is 13.7. The van der Waals surface area contributed by atoms with Crippen LogP contribution in [-0.4, -0.2) is 41.8 Å². The van der Waals surface area contributed by atoms with Crippen molar-refractivity contribution in [2.24, 2.45) is 7.05 Å². The van der Waals surface area contributed by atoms with Gasteiger partial charge in [-0.05, 0) is 35.8 Å². The average molecular weight is 372 g/mol. The van der Waals surface area contributed by atoms with Crippen molar-refractivity contribution >= 4 is 15.9 Å². The van der Waals surface area contributed by atoms with Crippen molar-refractivity contribution in [2.45, 2.75) is 38.9 Å². The summed E-state index contributed by atoms with van der Waals surface area (Å²) in [5.74, 6) is 0. The van der Waals surface area contributed by atoms with Crippen LogP contribution >= 0.6 is 15.9 Å². The highest BCUT2D eigenvalue weighted by atomic mass is 79.9. The molecule has 0 aliphatic rings. The lowest BCUT2D eigenvalue weighted by atomic mass is 10.1. The Labute approximate surface area is 131 Å². The molecular formula is C13H21BrF3N3O. The van der Waals surface area contributed by atoms with Crippen LogP contribution in [0.1, 0.15) is 24.7 Å². The summed E-state index contributed by atoms with van der Waals surface area (Å²) in [6.07, 6.45) is -3.07. The number of nitrogens with one attached hydrogen (secondary N) is 1. The van der Waals surface area contributed by atoms with E-state index in [0.29, 0.717) is 12.8 Å². The molecule has 0 saturated carbocycles. The molecule has 122 valence electrons. The van der Waals surface area contributed by atoms with Crippen LogP contribution < -0.4 is 5.32 Å². The molecule has 21 heavy (non-hydrogen) atoms. The van der Waals surface area contributed by atoms with Crippen molar-refractivity contribution < 1.29 is 17.9 Å². The van der Waals surface area contributed by atoms with Gasteiger partial charge in [0.25, 0.3) is 0 Å². The highest BCUT2D eigenvalue weighted by molar-refractivity contribution is 9.10. The van der Waals surface area contributed by atoms with Gasteiger partial charge in [0.15, 0.2) is 0 Å². The third-order valence-corrected chi connectivity index (χ3v) is 4.10. The molecule has 8 heteroatoms. The molecule has 0 amide bonds. The second-order valence-electron chi connectivity index (χ2n) is 4.88. The molecule has 0 spiro atoms. The first kappa shape index (κ1) is 18.4. The van der Waals surface area contributed by atoms with Crippen molar-refractivity contribution in [3.63, 3.8) is 0 Å². The Hall–Kier alpha value is -0.600. The molecule has 4 nitrogen and oxygen atoms in total. The lowest BCUT2D eigenvalue weighted by Crippen LogP contribution is -2.33. The zero-order valence-electron chi connectivity index (χ0n) is 12.4. The molecule has 1 unspecified atom stereocenters. The van der Waals surface area contributed by atoms with E-state index in [0.717, 1.165) is 22.4 Å². The van der Waals surface area contributed by atoms with Gasteiger partial charge in [-0.3, -0.25) is 4.68 Å². The van der Waals surface area contributed by atoms with Gasteiger partial charge in [-0.1, -0.05) is 6.92 Å². The van der Waals surface area contributed by atoms with Crippen LogP contribution in [-0.2, 0) is 18.2 Å². The largest absolute Gasteiger partial charge is 0.411 e. The first-order valence-electron chi connectivity index (χ1n) is 6.80. The average Bonchev–Trinajstić information content (AvgIpc) is 2.60. The van der Waals surface area contributed by atoms with Crippen molar-refractivity contribution in [1.29, 1.82) is 0 Å². The number of hydrogen-bond donors (Lipinski definition) is 1. The summed E-state index contributed by atoms with van der Waals surface area (Å²) in [4.78, 5) is 0. The van der Waals surface area contributed by atoms with E-state index in [-0.39, 0.29) is 12.6 Å². The molecular weight excluding hydrogens is 351 g/mol. The minimum Gasteiger partial charge on any atom is -0.372 e. The number of rotatable bonds is 8.